The van der Waals surface area contributed by atoms with Crippen molar-refractivity contribution in [2.24, 2.45) is 0 Å². The van der Waals surface area contributed by atoms with Crippen LogP contribution in [-0.2, 0) is 17.6 Å². The van der Waals surface area contributed by atoms with Crippen LogP contribution in [0.25, 0.3) is 11.1 Å². The molecule has 186 valence electrons. The van der Waals surface area contributed by atoms with E-state index in [4.69, 9.17) is 4.42 Å². The number of carbonyl (C=O) groups is 1. The van der Waals surface area contributed by atoms with Gasteiger partial charge in [-0.1, -0.05) is 54.1 Å². The topological polar surface area (TPSA) is 101 Å². The number of furan rings is 1. The first-order chi connectivity index (χ1) is 18.0. The number of aryl methyl sites for hydroxylation is 2. The molecular weight excluding hydrogens is 464 g/mol. The summed E-state index contributed by atoms with van der Waals surface area (Å²) < 4.78 is 5.81. The fourth-order valence-corrected chi connectivity index (χ4v) is 4.50. The molecule has 0 aliphatic rings. The first-order valence-corrected chi connectivity index (χ1v) is 12.2. The zero-order chi connectivity index (χ0) is 25.8. The zero-order valence-electron chi connectivity index (χ0n) is 20.8. The van der Waals surface area contributed by atoms with E-state index < -0.39 is 6.10 Å². The maximum absolute atomic E-state index is 13.2. The summed E-state index contributed by atoms with van der Waals surface area (Å²) in [4.78, 5) is 25.8. The lowest BCUT2D eigenvalue weighted by atomic mass is 9.93. The molecule has 2 N–H and O–H groups in total. The van der Waals surface area contributed by atoms with Crippen molar-refractivity contribution < 1.29 is 14.3 Å². The number of benzene rings is 2. The van der Waals surface area contributed by atoms with Crippen molar-refractivity contribution in [2.45, 2.75) is 38.8 Å². The summed E-state index contributed by atoms with van der Waals surface area (Å²) in [6.07, 6.45) is 2.64. The highest BCUT2D eigenvalue weighted by Gasteiger charge is 2.20. The number of pyridine rings is 1. The van der Waals surface area contributed by atoms with E-state index in [1.54, 1.807) is 30.5 Å². The van der Waals surface area contributed by atoms with E-state index in [1.165, 1.54) is 11.9 Å². The number of hydrogen-bond donors (Lipinski definition) is 2. The van der Waals surface area contributed by atoms with E-state index >= 15 is 0 Å². The third kappa shape index (κ3) is 5.73. The van der Waals surface area contributed by atoms with E-state index in [0.29, 0.717) is 34.7 Å². The third-order valence-electron chi connectivity index (χ3n) is 6.34. The van der Waals surface area contributed by atoms with Crippen LogP contribution in [0.4, 0.5) is 0 Å². The van der Waals surface area contributed by atoms with Crippen LogP contribution in [0.1, 0.15) is 51.5 Å². The molecule has 2 aromatic carbocycles. The Labute approximate surface area is 215 Å². The second kappa shape index (κ2) is 10.7. The predicted octanol–water partition coefficient (Wildman–Crippen LogP) is 4.96. The van der Waals surface area contributed by atoms with E-state index in [0.717, 1.165) is 16.7 Å². The minimum atomic E-state index is -0.861. The van der Waals surface area contributed by atoms with Crippen molar-refractivity contribution in [1.82, 2.24) is 20.3 Å². The summed E-state index contributed by atoms with van der Waals surface area (Å²) in [5.41, 5.74) is 6.86. The van der Waals surface area contributed by atoms with Gasteiger partial charge in [0.2, 0.25) is 5.91 Å². The SMILES string of the molecule is Cc1ccc([C@@H](NC(=O)Cc2ccc3oc(C(O)Cc4ccncn4)cc3n2)c2ccccc2)c(C)c1. The quantitative estimate of drug-likeness (QED) is 0.318. The van der Waals surface area contributed by atoms with Crippen molar-refractivity contribution >= 4 is 17.0 Å². The van der Waals surface area contributed by atoms with E-state index in [1.807, 2.05) is 30.3 Å². The summed E-state index contributed by atoms with van der Waals surface area (Å²) in [7, 11) is 0. The van der Waals surface area contributed by atoms with E-state index in [2.05, 4.69) is 52.3 Å². The van der Waals surface area contributed by atoms with Gasteiger partial charge in [-0.25, -0.2) is 15.0 Å². The summed E-state index contributed by atoms with van der Waals surface area (Å²) in [5, 5.41) is 13.8. The van der Waals surface area contributed by atoms with Gasteiger partial charge in [-0.15, -0.1) is 0 Å². The number of fused-ring (bicyclic) bond motifs is 1. The fourth-order valence-electron chi connectivity index (χ4n) is 4.50. The maximum Gasteiger partial charge on any atom is 0.226 e. The molecule has 0 bridgehead atoms. The summed E-state index contributed by atoms with van der Waals surface area (Å²) in [5.74, 6) is 0.273. The second-order valence-corrected chi connectivity index (χ2v) is 9.20. The average molecular weight is 493 g/mol. The number of hydrogen-bond acceptors (Lipinski definition) is 6. The van der Waals surface area contributed by atoms with Gasteiger partial charge in [-0.2, -0.15) is 0 Å². The molecule has 5 aromatic rings. The molecule has 0 saturated carbocycles. The van der Waals surface area contributed by atoms with Crippen LogP contribution in [-0.4, -0.2) is 26.0 Å². The Balaban J connectivity index is 1.33. The number of aliphatic hydroxyl groups is 1. The monoisotopic (exact) mass is 492 g/mol. The molecule has 0 spiro atoms. The second-order valence-electron chi connectivity index (χ2n) is 9.20. The Hall–Kier alpha value is -4.36. The summed E-state index contributed by atoms with van der Waals surface area (Å²) in [6, 6.07) is 23.0. The highest BCUT2D eigenvalue weighted by Crippen LogP contribution is 2.27. The van der Waals surface area contributed by atoms with E-state index in [-0.39, 0.29) is 18.4 Å². The molecule has 0 radical (unpaired) electrons. The molecule has 3 heterocycles. The molecule has 0 aliphatic heterocycles. The molecule has 0 saturated heterocycles. The van der Waals surface area contributed by atoms with Crippen molar-refractivity contribution in [3.8, 4) is 0 Å². The highest BCUT2D eigenvalue weighted by atomic mass is 16.4. The Bertz CT molecular complexity index is 1520. The molecule has 1 amide bonds. The lowest BCUT2D eigenvalue weighted by Crippen LogP contribution is -2.31. The van der Waals surface area contributed by atoms with Gasteiger partial charge in [-0.3, -0.25) is 4.79 Å². The maximum atomic E-state index is 13.2. The normalized spacial score (nSPS) is 12.8. The summed E-state index contributed by atoms with van der Waals surface area (Å²) in [6.45, 7) is 4.13. The Morgan fingerprint density at radius 2 is 1.84 bits per heavy atom. The zero-order valence-corrected chi connectivity index (χ0v) is 20.8. The Kier molecular flexibility index (Phi) is 7.05. The first-order valence-electron chi connectivity index (χ1n) is 12.2. The largest absolute Gasteiger partial charge is 0.457 e. The van der Waals surface area contributed by atoms with Crippen LogP contribution < -0.4 is 5.32 Å². The molecule has 37 heavy (non-hydrogen) atoms. The number of rotatable bonds is 8. The van der Waals surface area contributed by atoms with Gasteiger partial charge in [0.1, 0.15) is 23.7 Å². The fraction of sp³-hybridized carbons (Fsp3) is 0.200. The van der Waals surface area contributed by atoms with Crippen LogP contribution in [0.15, 0.2) is 89.7 Å². The smallest absolute Gasteiger partial charge is 0.226 e. The molecule has 7 heteroatoms. The lowest BCUT2D eigenvalue weighted by molar-refractivity contribution is -0.121. The lowest BCUT2D eigenvalue weighted by Gasteiger charge is -2.22. The van der Waals surface area contributed by atoms with Crippen LogP contribution >= 0.6 is 0 Å². The molecule has 3 aromatic heterocycles. The average Bonchev–Trinajstić information content (AvgIpc) is 3.33. The predicted molar refractivity (Wildman–Crippen MR) is 141 cm³/mol. The molecule has 0 fully saturated rings. The van der Waals surface area contributed by atoms with Crippen LogP contribution in [0.2, 0.25) is 0 Å². The van der Waals surface area contributed by atoms with Crippen LogP contribution in [0.3, 0.4) is 0 Å². The van der Waals surface area contributed by atoms with Crippen LogP contribution in [0, 0.1) is 13.8 Å². The highest BCUT2D eigenvalue weighted by molar-refractivity contribution is 5.80. The van der Waals surface area contributed by atoms with Gasteiger partial charge < -0.3 is 14.8 Å². The van der Waals surface area contributed by atoms with Crippen molar-refractivity contribution in [3.63, 3.8) is 0 Å². The summed E-state index contributed by atoms with van der Waals surface area (Å²) >= 11 is 0. The first kappa shape index (κ1) is 24.3. The molecule has 0 aliphatic carbocycles. The number of nitrogens with one attached hydrogen (secondary N) is 1. The van der Waals surface area contributed by atoms with Crippen molar-refractivity contribution in [3.05, 3.63) is 125 Å². The van der Waals surface area contributed by atoms with Gasteiger partial charge in [0.05, 0.1) is 18.2 Å². The number of aliphatic hydroxyl groups excluding tert-OH is 1. The number of carbonyl (C=O) groups excluding carboxylic acids is 1. The van der Waals surface area contributed by atoms with Gasteiger partial charge in [-0.05, 0) is 48.7 Å². The van der Waals surface area contributed by atoms with Crippen molar-refractivity contribution in [1.29, 1.82) is 0 Å². The minimum Gasteiger partial charge on any atom is -0.457 e. The molecule has 1 unspecified atom stereocenters. The van der Waals surface area contributed by atoms with Crippen molar-refractivity contribution in [2.75, 3.05) is 0 Å². The standard InChI is InChI=1S/C30H28N4O3/c1-19-8-10-24(20(2)14-19)30(21-6-4-3-5-7-21)34-29(36)16-23-9-11-27-25(33-23)17-28(37-27)26(35)15-22-12-13-31-18-32-22/h3-14,17-18,26,30,35H,15-16H2,1-2H3,(H,34,36)/t26?,30-/m0/s1. The van der Waals surface area contributed by atoms with Gasteiger partial charge in [0, 0.05) is 24.4 Å². The van der Waals surface area contributed by atoms with Gasteiger partial charge in [0.15, 0.2) is 5.58 Å². The number of amides is 1. The molecule has 5 rings (SSSR count). The number of nitrogens with zero attached hydrogens (tertiary/aromatic N) is 3. The van der Waals surface area contributed by atoms with Crippen LogP contribution in [0.5, 0.6) is 0 Å². The molecule has 2 atom stereocenters. The molecular formula is C30H28N4O3. The Morgan fingerprint density at radius 1 is 1.00 bits per heavy atom. The van der Waals surface area contributed by atoms with E-state index in [9.17, 15) is 9.90 Å². The Morgan fingerprint density at radius 3 is 2.59 bits per heavy atom. The molecule has 7 nitrogen and oxygen atoms in total. The third-order valence-corrected chi connectivity index (χ3v) is 6.34. The minimum absolute atomic E-state index is 0.119. The number of aromatic nitrogens is 3. The van der Waals surface area contributed by atoms with Gasteiger partial charge >= 0.3 is 0 Å². The van der Waals surface area contributed by atoms with Gasteiger partial charge in [0.25, 0.3) is 0 Å².